The Morgan fingerprint density at radius 1 is 1.24 bits per heavy atom. The summed E-state index contributed by atoms with van der Waals surface area (Å²) < 4.78 is 8.38. The molecule has 1 saturated heterocycles. The molecule has 1 amide bonds. The number of hydrogen-bond acceptors (Lipinski definition) is 3. The summed E-state index contributed by atoms with van der Waals surface area (Å²) in [4.78, 5) is 19.5. The number of amides is 1. The maximum atomic E-state index is 12.9. The summed E-state index contributed by atoms with van der Waals surface area (Å²) in [6.07, 6.45) is 0.435. The summed E-state index contributed by atoms with van der Waals surface area (Å²) >= 11 is 16.7. The number of carbonyl (C=O) groups excluding carboxylic acids is 1. The third-order valence-corrected chi connectivity index (χ3v) is 6.53. The lowest BCUT2D eigenvalue weighted by molar-refractivity contribution is 0.0303. The highest BCUT2D eigenvalue weighted by atomic mass is 79.9. The van der Waals surface area contributed by atoms with Gasteiger partial charge in [-0.1, -0.05) is 39.1 Å². The molecule has 1 aliphatic heterocycles. The monoisotopic (exact) mass is 495 g/mol. The average Bonchev–Trinajstić information content (AvgIpc) is 3.01. The molecule has 0 saturated carbocycles. The summed E-state index contributed by atoms with van der Waals surface area (Å²) in [7, 11) is 1.97. The van der Waals surface area contributed by atoms with Crippen molar-refractivity contribution in [2.75, 3.05) is 26.3 Å². The number of benzene rings is 2. The van der Waals surface area contributed by atoms with Gasteiger partial charge in [-0.05, 0) is 42.3 Å². The highest BCUT2D eigenvalue weighted by Gasteiger charge is 2.24. The van der Waals surface area contributed by atoms with Crippen LogP contribution in [0.4, 0.5) is 0 Å². The lowest BCUT2D eigenvalue weighted by Crippen LogP contribution is -2.40. The van der Waals surface area contributed by atoms with Gasteiger partial charge < -0.3 is 14.2 Å². The van der Waals surface area contributed by atoms with Gasteiger partial charge in [-0.15, -0.1) is 0 Å². The first kappa shape index (κ1) is 20.7. The molecule has 0 bridgehead atoms. The zero-order valence-corrected chi connectivity index (χ0v) is 19.2. The third kappa shape index (κ3) is 3.91. The fraction of sp³-hybridized carbons (Fsp3) is 0.333. The highest BCUT2D eigenvalue weighted by molar-refractivity contribution is 9.10. The van der Waals surface area contributed by atoms with Crippen molar-refractivity contribution in [2.45, 2.75) is 13.3 Å². The first-order valence-corrected chi connectivity index (χ1v) is 10.9. The molecule has 0 spiro atoms. The van der Waals surface area contributed by atoms with Gasteiger partial charge in [0.15, 0.2) is 0 Å². The fourth-order valence-corrected chi connectivity index (χ4v) is 4.79. The summed E-state index contributed by atoms with van der Waals surface area (Å²) in [5, 5.41) is 0.914. The van der Waals surface area contributed by atoms with E-state index in [-0.39, 0.29) is 5.91 Å². The van der Waals surface area contributed by atoms with Gasteiger partial charge in [-0.25, -0.2) is 4.98 Å². The normalized spacial score (nSPS) is 14.6. The van der Waals surface area contributed by atoms with Gasteiger partial charge in [-0.3, -0.25) is 4.79 Å². The molecule has 152 valence electrons. The first-order valence-electron chi connectivity index (χ1n) is 9.32. The van der Waals surface area contributed by atoms with Gasteiger partial charge in [0.05, 0.1) is 34.8 Å². The van der Waals surface area contributed by atoms with E-state index in [1.165, 1.54) is 0 Å². The Hall–Kier alpha value is -1.60. The first-order chi connectivity index (χ1) is 13.9. The number of carbonyl (C=O) groups is 1. The molecular formula is C21H20BrCl2N3O2. The average molecular weight is 497 g/mol. The predicted molar refractivity (Wildman–Crippen MR) is 119 cm³/mol. The van der Waals surface area contributed by atoms with E-state index >= 15 is 0 Å². The van der Waals surface area contributed by atoms with E-state index in [9.17, 15) is 4.79 Å². The Morgan fingerprint density at radius 3 is 2.69 bits per heavy atom. The zero-order chi connectivity index (χ0) is 20.7. The number of imidazole rings is 1. The van der Waals surface area contributed by atoms with Gasteiger partial charge in [-0.2, -0.15) is 0 Å². The molecule has 3 aromatic rings. The molecule has 2 heterocycles. The molecule has 0 atom stereocenters. The number of halogens is 3. The van der Waals surface area contributed by atoms with Crippen molar-refractivity contribution in [3.8, 4) is 0 Å². The van der Waals surface area contributed by atoms with Crippen LogP contribution in [0, 0.1) is 6.92 Å². The van der Waals surface area contributed by atoms with Crippen LogP contribution in [0.3, 0.4) is 0 Å². The number of nitrogens with zero attached hydrogens (tertiary/aromatic N) is 3. The fourth-order valence-electron chi connectivity index (χ4n) is 3.64. The van der Waals surface area contributed by atoms with E-state index in [0.29, 0.717) is 53.9 Å². The van der Waals surface area contributed by atoms with E-state index in [2.05, 4.69) is 15.9 Å². The van der Waals surface area contributed by atoms with Crippen molar-refractivity contribution < 1.29 is 9.53 Å². The van der Waals surface area contributed by atoms with E-state index < -0.39 is 0 Å². The number of rotatable bonds is 3. The molecule has 2 aromatic carbocycles. The maximum absolute atomic E-state index is 12.9. The van der Waals surface area contributed by atoms with Crippen molar-refractivity contribution in [1.82, 2.24) is 14.5 Å². The molecule has 0 radical (unpaired) electrons. The van der Waals surface area contributed by atoms with Crippen molar-refractivity contribution >= 4 is 56.1 Å². The molecule has 0 N–H and O–H groups in total. The van der Waals surface area contributed by atoms with Crippen LogP contribution in [-0.4, -0.2) is 46.7 Å². The van der Waals surface area contributed by atoms with Gasteiger partial charge in [0.25, 0.3) is 5.91 Å². The van der Waals surface area contributed by atoms with Crippen LogP contribution in [-0.2, 0) is 18.2 Å². The quantitative estimate of drug-likeness (QED) is 0.511. The maximum Gasteiger partial charge on any atom is 0.255 e. The largest absolute Gasteiger partial charge is 0.378 e. The molecule has 0 unspecified atom stereocenters. The lowest BCUT2D eigenvalue weighted by Gasteiger charge is -2.27. The summed E-state index contributed by atoms with van der Waals surface area (Å²) in [6.45, 7) is 4.24. The van der Waals surface area contributed by atoms with E-state index in [0.717, 1.165) is 26.9 Å². The van der Waals surface area contributed by atoms with Crippen LogP contribution in [0.25, 0.3) is 11.0 Å². The van der Waals surface area contributed by atoms with Gasteiger partial charge in [0.1, 0.15) is 5.82 Å². The predicted octanol–water partition coefficient (Wildman–Crippen LogP) is 5.01. The lowest BCUT2D eigenvalue weighted by atomic mass is 10.1. The Bertz CT molecular complexity index is 1110. The van der Waals surface area contributed by atoms with Gasteiger partial charge in [0.2, 0.25) is 0 Å². The van der Waals surface area contributed by atoms with Crippen molar-refractivity contribution in [3.05, 3.63) is 61.3 Å². The minimum absolute atomic E-state index is 0.0963. The Morgan fingerprint density at radius 2 is 1.97 bits per heavy atom. The second kappa shape index (κ2) is 8.26. The van der Waals surface area contributed by atoms with Crippen molar-refractivity contribution in [2.24, 2.45) is 7.05 Å². The Kier molecular flexibility index (Phi) is 5.89. The van der Waals surface area contributed by atoms with Crippen LogP contribution in [0.15, 0.2) is 28.7 Å². The van der Waals surface area contributed by atoms with Crippen molar-refractivity contribution in [1.29, 1.82) is 0 Å². The zero-order valence-electron chi connectivity index (χ0n) is 16.1. The minimum atomic E-state index is -0.0963. The molecular weight excluding hydrogens is 477 g/mol. The summed E-state index contributed by atoms with van der Waals surface area (Å²) in [5.74, 6) is 0.738. The van der Waals surface area contributed by atoms with E-state index in [1.54, 1.807) is 17.0 Å². The number of ether oxygens (including phenoxy) is 1. The van der Waals surface area contributed by atoms with E-state index in [1.807, 2.05) is 30.7 Å². The Balaban J connectivity index is 1.72. The second-order valence-electron chi connectivity index (χ2n) is 7.15. The Labute approximate surface area is 187 Å². The van der Waals surface area contributed by atoms with Gasteiger partial charge >= 0.3 is 0 Å². The van der Waals surface area contributed by atoms with E-state index in [4.69, 9.17) is 32.9 Å². The SMILES string of the molecule is Cc1cc(Br)cc2c1nc(Cc1c(Cl)ccc(C(=O)N3CCOCC3)c1Cl)n2C. The molecule has 1 aromatic heterocycles. The van der Waals surface area contributed by atoms with Crippen molar-refractivity contribution in [3.63, 3.8) is 0 Å². The molecule has 1 fully saturated rings. The number of fused-ring (bicyclic) bond motifs is 1. The summed E-state index contributed by atoms with van der Waals surface area (Å²) in [6, 6.07) is 7.52. The molecule has 1 aliphatic rings. The van der Waals surface area contributed by atoms with Gasteiger partial charge in [0, 0.05) is 36.1 Å². The standard InChI is InChI=1S/C21H20BrCl2N3O2/c1-12-9-13(22)10-17-20(12)25-18(26(17)2)11-15-16(23)4-3-14(19(15)24)21(28)27-5-7-29-8-6-27/h3-4,9-10H,5-8,11H2,1-2H3. The molecule has 8 heteroatoms. The number of hydrogen-bond donors (Lipinski definition) is 0. The topological polar surface area (TPSA) is 47.4 Å². The number of aromatic nitrogens is 2. The smallest absolute Gasteiger partial charge is 0.255 e. The molecule has 5 nitrogen and oxygen atoms in total. The number of morpholine rings is 1. The second-order valence-corrected chi connectivity index (χ2v) is 8.85. The molecule has 4 rings (SSSR count). The number of aryl methyl sites for hydroxylation is 2. The molecule has 0 aliphatic carbocycles. The van der Waals surface area contributed by atoms with Crippen LogP contribution in [0.1, 0.15) is 27.3 Å². The van der Waals surface area contributed by atoms with Crippen LogP contribution < -0.4 is 0 Å². The minimum Gasteiger partial charge on any atom is -0.378 e. The summed E-state index contributed by atoms with van der Waals surface area (Å²) in [5.41, 5.74) is 4.23. The third-order valence-electron chi connectivity index (χ3n) is 5.28. The highest BCUT2D eigenvalue weighted by Crippen LogP contribution is 2.32. The van der Waals surface area contributed by atoms with Crippen LogP contribution in [0.5, 0.6) is 0 Å². The molecule has 29 heavy (non-hydrogen) atoms. The van der Waals surface area contributed by atoms with Crippen LogP contribution in [0.2, 0.25) is 10.0 Å². The van der Waals surface area contributed by atoms with Crippen LogP contribution >= 0.6 is 39.1 Å².